The van der Waals surface area contributed by atoms with E-state index in [0.29, 0.717) is 9.74 Å². The molecule has 1 saturated carbocycles. The summed E-state index contributed by atoms with van der Waals surface area (Å²) in [5.74, 6) is 0.865. The molecule has 1 aromatic rings. The number of hydrogen-bond donors (Lipinski definition) is 2. The Hall–Kier alpha value is -0.810. The van der Waals surface area contributed by atoms with Gasteiger partial charge < -0.3 is 11.1 Å². The van der Waals surface area contributed by atoms with Gasteiger partial charge in [0.05, 0.1) is 0 Å². The molecule has 1 fully saturated rings. The largest absolute Gasteiger partial charge is 0.389 e. The number of pyridine rings is 1. The zero-order valence-electron chi connectivity index (χ0n) is 11.3. The highest BCUT2D eigenvalue weighted by Crippen LogP contribution is 2.38. The normalized spacial score (nSPS) is 17.9. The topological polar surface area (TPSA) is 50.9 Å². The number of thiocarbonyl (C=S) groups is 1. The van der Waals surface area contributed by atoms with Gasteiger partial charge in [-0.25, -0.2) is 4.98 Å². The van der Waals surface area contributed by atoms with Crippen molar-refractivity contribution in [3.8, 4) is 0 Å². The lowest BCUT2D eigenvalue weighted by atomic mass is 9.88. The molecule has 0 spiro atoms. The van der Waals surface area contributed by atoms with Gasteiger partial charge in [0, 0.05) is 23.1 Å². The van der Waals surface area contributed by atoms with E-state index in [0.717, 1.165) is 17.9 Å². The van der Waals surface area contributed by atoms with Gasteiger partial charge in [0.15, 0.2) is 0 Å². The van der Waals surface area contributed by atoms with Crippen LogP contribution in [0.25, 0.3) is 0 Å². The summed E-state index contributed by atoms with van der Waals surface area (Å²) in [6.45, 7) is 0.960. The van der Waals surface area contributed by atoms with E-state index in [4.69, 9.17) is 18.0 Å². The van der Waals surface area contributed by atoms with Crippen molar-refractivity contribution in [3.63, 3.8) is 0 Å². The molecule has 0 unspecified atom stereocenters. The lowest BCUT2D eigenvalue weighted by Crippen LogP contribution is -2.35. The maximum Gasteiger partial charge on any atom is 0.126 e. The number of thioether (sulfide) groups is 1. The number of nitrogens with zero attached hydrogens (tertiary/aromatic N) is 1. The Balaban J connectivity index is 2.00. The van der Waals surface area contributed by atoms with Crippen LogP contribution < -0.4 is 11.1 Å². The lowest BCUT2D eigenvalue weighted by Gasteiger charge is -2.36. The van der Waals surface area contributed by atoms with E-state index in [9.17, 15) is 0 Å². The van der Waals surface area contributed by atoms with Gasteiger partial charge in [-0.3, -0.25) is 0 Å². The van der Waals surface area contributed by atoms with Crippen molar-refractivity contribution >= 4 is 34.8 Å². The van der Waals surface area contributed by atoms with Crippen LogP contribution >= 0.6 is 24.0 Å². The summed E-state index contributed by atoms with van der Waals surface area (Å²) in [5, 5.41) is 3.45. The van der Waals surface area contributed by atoms with Crippen molar-refractivity contribution in [2.75, 3.05) is 18.1 Å². The van der Waals surface area contributed by atoms with Gasteiger partial charge in [-0.1, -0.05) is 31.5 Å². The fourth-order valence-corrected chi connectivity index (χ4v) is 3.62. The molecule has 0 bridgehead atoms. The number of nitrogens with two attached hydrogens (primary N) is 1. The number of anilines is 1. The molecule has 104 valence electrons. The maximum atomic E-state index is 5.65. The first-order valence-corrected chi connectivity index (χ1v) is 8.33. The fourth-order valence-electron chi connectivity index (χ4n) is 2.58. The summed E-state index contributed by atoms with van der Waals surface area (Å²) in [6.07, 6.45) is 10.6. The van der Waals surface area contributed by atoms with E-state index in [2.05, 4.69) is 16.6 Å². The smallest absolute Gasteiger partial charge is 0.126 e. The second-order valence-electron chi connectivity index (χ2n) is 5.10. The van der Waals surface area contributed by atoms with Crippen LogP contribution in [0.1, 0.15) is 37.7 Å². The minimum absolute atomic E-state index is 0.360. The Bertz CT molecular complexity index is 442. The summed E-state index contributed by atoms with van der Waals surface area (Å²) in [5.41, 5.74) is 6.52. The first-order chi connectivity index (χ1) is 9.15. The molecule has 1 aromatic heterocycles. The third-order valence-corrected chi connectivity index (χ3v) is 5.49. The van der Waals surface area contributed by atoms with Gasteiger partial charge in [0.2, 0.25) is 0 Å². The zero-order chi connectivity index (χ0) is 13.7. The van der Waals surface area contributed by atoms with Crippen molar-refractivity contribution in [2.45, 2.75) is 36.9 Å². The summed E-state index contributed by atoms with van der Waals surface area (Å²) in [4.78, 5) is 4.76. The highest BCUT2D eigenvalue weighted by molar-refractivity contribution is 8.00. The molecular formula is C14H21N3S2. The van der Waals surface area contributed by atoms with Crippen molar-refractivity contribution in [1.29, 1.82) is 0 Å². The highest BCUT2D eigenvalue weighted by Gasteiger charge is 2.30. The molecule has 3 nitrogen and oxygen atoms in total. The minimum atomic E-state index is 0.360. The van der Waals surface area contributed by atoms with Crippen LogP contribution in [0.4, 0.5) is 5.82 Å². The van der Waals surface area contributed by atoms with Crippen LogP contribution in [0.2, 0.25) is 0 Å². The molecule has 1 aliphatic carbocycles. The van der Waals surface area contributed by atoms with Gasteiger partial charge in [-0.05, 0) is 31.2 Å². The van der Waals surface area contributed by atoms with Crippen LogP contribution in [0, 0.1) is 0 Å². The number of nitrogens with one attached hydrogen (secondary N) is 1. The average molecular weight is 295 g/mol. The Labute approximate surface area is 124 Å². The summed E-state index contributed by atoms with van der Waals surface area (Å²) >= 11 is 6.98. The summed E-state index contributed by atoms with van der Waals surface area (Å²) in [6, 6.07) is 3.78. The predicted octanol–water partition coefficient (Wildman–Crippen LogP) is 3.19. The minimum Gasteiger partial charge on any atom is -0.389 e. The number of rotatable bonds is 5. The van der Waals surface area contributed by atoms with E-state index in [1.165, 1.54) is 32.1 Å². The van der Waals surface area contributed by atoms with Gasteiger partial charge in [-0.15, -0.1) is 0 Å². The van der Waals surface area contributed by atoms with E-state index >= 15 is 0 Å². The van der Waals surface area contributed by atoms with Gasteiger partial charge in [-0.2, -0.15) is 11.8 Å². The standard InChI is InChI=1S/C14H21N3S2/c1-19-14(6-3-2-4-7-14)10-17-12-9-11(13(15)18)5-8-16-12/h5,8-9H,2-4,6-7,10H2,1H3,(H2,15,18)(H,16,17). The third kappa shape index (κ3) is 3.83. The average Bonchev–Trinajstić information content (AvgIpc) is 2.46. The Kier molecular flexibility index (Phi) is 5.05. The molecule has 0 saturated heterocycles. The zero-order valence-corrected chi connectivity index (χ0v) is 12.9. The Morgan fingerprint density at radius 2 is 2.21 bits per heavy atom. The van der Waals surface area contributed by atoms with E-state index in [-0.39, 0.29) is 0 Å². The van der Waals surface area contributed by atoms with Crippen LogP contribution in [-0.4, -0.2) is 27.5 Å². The van der Waals surface area contributed by atoms with Crippen molar-refractivity contribution in [2.24, 2.45) is 5.73 Å². The third-order valence-electron chi connectivity index (χ3n) is 3.83. The van der Waals surface area contributed by atoms with Crippen molar-refractivity contribution in [3.05, 3.63) is 23.9 Å². The van der Waals surface area contributed by atoms with E-state index in [1.54, 1.807) is 6.20 Å². The van der Waals surface area contributed by atoms with Crippen LogP contribution in [0.5, 0.6) is 0 Å². The molecule has 0 aromatic carbocycles. The molecule has 0 amide bonds. The van der Waals surface area contributed by atoms with Crippen LogP contribution in [0.3, 0.4) is 0 Å². The van der Waals surface area contributed by atoms with E-state index in [1.807, 2.05) is 23.9 Å². The monoisotopic (exact) mass is 295 g/mol. The maximum absolute atomic E-state index is 5.65. The second-order valence-corrected chi connectivity index (χ2v) is 6.81. The molecule has 2 rings (SSSR count). The molecule has 0 radical (unpaired) electrons. The molecule has 1 heterocycles. The van der Waals surface area contributed by atoms with E-state index < -0.39 is 0 Å². The van der Waals surface area contributed by atoms with Crippen molar-refractivity contribution in [1.82, 2.24) is 4.98 Å². The SMILES string of the molecule is CSC1(CNc2cc(C(N)=S)ccn2)CCCCC1. The first kappa shape index (κ1) is 14.6. The quantitative estimate of drug-likeness (QED) is 0.817. The molecule has 3 N–H and O–H groups in total. The molecule has 0 atom stereocenters. The molecule has 5 heteroatoms. The van der Waals surface area contributed by atoms with Crippen LogP contribution in [0.15, 0.2) is 18.3 Å². The lowest BCUT2D eigenvalue weighted by molar-refractivity contribution is 0.411. The van der Waals surface area contributed by atoms with Crippen molar-refractivity contribution < 1.29 is 0 Å². The van der Waals surface area contributed by atoms with Gasteiger partial charge in [0.1, 0.15) is 10.8 Å². The molecule has 0 aliphatic heterocycles. The molecular weight excluding hydrogens is 274 g/mol. The summed E-state index contributed by atoms with van der Waals surface area (Å²) < 4.78 is 0.360. The summed E-state index contributed by atoms with van der Waals surface area (Å²) in [7, 11) is 0. The van der Waals surface area contributed by atoms with Gasteiger partial charge >= 0.3 is 0 Å². The molecule has 19 heavy (non-hydrogen) atoms. The fraction of sp³-hybridized carbons (Fsp3) is 0.571. The Morgan fingerprint density at radius 3 is 2.84 bits per heavy atom. The van der Waals surface area contributed by atoms with Gasteiger partial charge in [0.25, 0.3) is 0 Å². The second kappa shape index (κ2) is 6.57. The number of hydrogen-bond acceptors (Lipinski definition) is 4. The molecule has 1 aliphatic rings. The predicted molar refractivity (Wildman–Crippen MR) is 87.9 cm³/mol. The van der Waals surface area contributed by atoms with Crippen LogP contribution in [-0.2, 0) is 0 Å². The first-order valence-electron chi connectivity index (χ1n) is 6.70. The number of aromatic nitrogens is 1. The highest BCUT2D eigenvalue weighted by atomic mass is 32.2. The Morgan fingerprint density at radius 1 is 1.47 bits per heavy atom.